The number of fused-ring (bicyclic) bond motifs is 5. The summed E-state index contributed by atoms with van der Waals surface area (Å²) in [4.78, 5) is 15.7. The average molecular weight is 448 g/mol. The van der Waals surface area contributed by atoms with Crippen LogP contribution < -0.4 is 0 Å². The molecule has 5 aliphatic rings. The Morgan fingerprint density at radius 2 is 1.84 bits per heavy atom. The van der Waals surface area contributed by atoms with Crippen LogP contribution in [-0.2, 0) is 14.3 Å². The summed E-state index contributed by atoms with van der Waals surface area (Å²) in [6, 6.07) is 0. The van der Waals surface area contributed by atoms with Gasteiger partial charge in [0.25, 0.3) is 0 Å². The van der Waals surface area contributed by atoms with Crippen molar-refractivity contribution in [1.29, 1.82) is 0 Å². The van der Waals surface area contributed by atoms with Crippen molar-refractivity contribution in [2.45, 2.75) is 83.8 Å². The van der Waals surface area contributed by atoms with Crippen molar-refractivity contribution >= 4 is 5.78 Å². The van der Waals surface area contributed by atoms with Gasteiger partial charge in [0.2, 0.25) is 0 Å². The first-order valence-electron chi connectivity index (χ1n) is 13.5. The van der Waals surface area contributed by atoms with Crippen LogP contribution in [0.3, 0.4) is 0 Å². The Morgan fingerprint density at radius 1 is 1.06 bits per heavy atom. The van der Waals surface area contributed by atoms with E-state index in [1.54, 1.807) is 0 Å². The van der Waals surface area contributed by atoms with Crippen LogP contribution in [0.2, 0.25) is 0 Å². The summed E-state index contributed by atoms with van der Waals surface area (Å²) in [5.41, 5.74) is -0.492. The second-order valence-corrected chi connectivity index (χ2v) is 12.2. The average Bonchev–Trinajstić information content (AvgIpc) is 3.12. The van der Waals surface area contributed by atoms with Crippen LogP contribution in [0.15, 0.2) is 0 Å². The molecular formula is C27H45NO4. The van der Waals surface area contributed by atoms with E-state index in [0.717, 1.165) is 57.4 Å². The third-order valence-electron chi connectivity index (χ3n) is 10.6. The number of carbonyl (C=O) groups excluding carboxylic acids is 1. The zero-order valence-electron chi connectivity index (χ0n) is 20.6. The van der Waals surface area contributed by atoms with E-state index in [1.165, 1.54) is 32.1 Å². The predicted molar refractivity (Wildman–Crippen MR) is 124 cm³/mol. The second kappa shape index (κ2) is 8.94. The fourth-order valence-corrected chi connectivity index (χ4v) is 9.09. The van der Waals surface area contributed by atoms with Crippen molar-refractivity contribution in [1.82, 2.24) is 4.90 Å². The number of carbonyl (C=O) groups is 1. The molecule has 0 amide bonds. The molecule has 0 bridgehead atoms. The predicted octanol–water partition coefficient (Wildman–Crippen LogP) is 3.92. The monoisotopic (exact) mass is 447 g/mol. The van der Waals surface area contributed by atoms with Gasteiger partial charge in [0, 0.05) is 25.6 Å². The topological polar surface area (TPSA) is 59.0 Å². The summed E-state index contributed by atoms with van der Waals surface area (Å²) in [7, 11) is 0. The molecule has 5 fully saturated rings. The van der Waals surface area contributed by atoms with E-state index in [1.807, 2.05) is 13.8 Å². The fourth-order valence-electron chi connectivity index (χ4n) is 9.09. The van der Waals surface area contributed by atoms with E-state index < -0.39 is 5.60 Å². The molecule has 32 heavy (non-hydrogen) atoms. The Balaban J connectivity index is 1.28. The van der Waals surface area contributed by atoms with Crippen LogP contribution in [0.1, 0.15) is 72.1 Å². The molecule has 4 aliphatic carbocycles. The maximum atomic E-state index is 13.4. The van der Waals surface area contributed by atoms with Crippen molar-refractivity contribution in [3.63, 3.8) is 0 Å². The van der Waals surface area contributed by atoms with E-state index >= 15 is 0 Å². The number of Topliss-reactive ketones (excluding diaryl/α,β-unsaturated/α-hetero) is 1. The molecule has 0 spiro atoms. The molecule has 5 heteroatoms. The highest BCUT2D eigenvalue weighted by Crippen LogP contribution is 2.64. The van der Waals surface area contributed by atoms with Crippen LogP contribution in [0, 0.1) is 40.9 Å². The minimum absolute atomic E-state index is 0.0211. The van der Waals surface area contributed by atoms with E-state index in [2.05, 4.69) is 11.8 Å². The number of nitrogens with zero attached hydrogens (tertiary/aromatic N) is 1. The van der Waals surface area contributed by atoms with Gasteiger partial charge in [-0.1, -0.05) is 6.92 Å². The van der Waals surface area contributed by atoms with Crippen molar-refractivity contribution in [3.05, 3.63) is 0 Å². The lowest BCUT2D eigenvalue weighted by Crippen LogP contribution is -2.56. The molecule has 1 aliphatic heterocycles. The molecule has 0 aromatic rings. The van der Waals surface area contributed by atoms with Crippen molar-refractivity contribution in [2.75, 3.05) is 39.5 Å². The third kappa shape index (κ3) is 3.99. The van der Waals surface area contributed by atoms with Crippen molar-refractivity contribution in [2.24, 2.45) is 40.9 Å². The highest BCUT2D eigenvalue weighted by Gasteiger charge is 2.59. The van der Waals surface area contributed by atoms with Gasteiger partial charge in [-0.25, -0.2) is 0 Å². The van der Waals surface area contributed by atoms with Crippen LogP contribution in [-0.4, -0.2) is 66.9 Å². The van der Waals surface area contributed by atoms with Gasteiger partial charge < -0.3 is 14.6 Å². The minimum Gasteiger partial charge on any atom is -0.387 e. The second-order valence-electron chi connectivity index (χ2n) is 12.2. The maximum Gasteiger partial charge on any atom is 0.150 e. The minimum atomic E-state index is -0.683. The molecule has 1 saturated heterocycles. The Bertz CT molecular complexity index is 689. The summed E-state index contributed by atoms with van der Waals surface area (Å²) in [5, 5.41) is 11.0. The normalized spacial score (nSPS) is 49.2. The Hall–Kier alpha value is -0.490. The largest absolute Gasteiger partial charge is 0.387 e. The van der Waals surface area contributed by atoms with E-state index in [9.17, 15) is 9.90 Å². The third-order valence-corrected chi connectivity index (χ3v) is 10.6. The smallest absolute Gasteiger partial charge is 0.150 e. The molecule has 1 N–H and O–H groups in total. The zero-order chi connectivity index (χ0) is 22.5. The summed E-state index contributed by atoms with van der Waals surface area (Å²) in [6.45, 7) is 11.1. The SMILES string of the molecule is CCOC1CC2C(CCC3C2CCC2(C)C(C(=O)CN4CCOCC4)CCC32)CC1(C)O. The summed E-state index contributed by atoms with van der Waals surface area (Å²) < 4.78 is 11.5. The molecule has 0 radical (unpaired) electrons. The molecule has 5 rings (SSSR count). The van der Waals surface area contributed by atoms with Gasteiger partial charge in [0.15, 0.2) is 0 Å². The Morgan fingerprint density at radius 3 is 2.59 bits per heavy atom. The molecule has 1 heterocycles. The fraction of sp³-hybridized carbons (Fsp3) is 0.963. The number of morpholine rings is 1. The molecule has 0 aromatic heterocycles. The molecule has 0 aromatic carbocycles. The zero-order valence-corrected chi connectivity index (χ0v) is 20.6. The number of aliphatic hydroxyl groups is 1. The van der Waals surface area contributed by atoms with E-state index in [0.29, 0.717) is 36.7 Å². The summed E-state index contributed by atoms with van der Waals surface area (Å²) in [6.07, 6.45) is 9.25. The summed E-state index contributed by atoms with van der Waals surface area (Å²) in [5.74, 6) is 4.31. The highest BCUT2D eigenvalue weighted by molar-refractivity contribution is 5.84. The quantitative estimate of drug-likeness (QED) is 0.692. The number of hydrogen-bond donors (Lipinski definition) is 1. The highest BCUT2D eigenvalue weighted by atomic mass is 16.5. The maximum absolute atomic E-state index is 13.4. The standard InChI is InChI=1S/C27H45NO4/c1-4-32-25-15-21-18(16-27(25,3)30)5-6-20-19(21)9-10-26(2)22(20)7-8-23(26)24(29)17-28-11-13-31-14-12-28/h18-23,25,30H,4-17H2,1-3H3. The molecule has 9 unspecified atom stereocenters. The van der Waals surface area contributed by atoms with Gasteiger partial charge in [-0.2, -0.15) is 0 Å². The van der Waals surface area contributed by atoms with E-state index in [4.69, 9.17) is 9.47 Å². The van der Waals surface area contributed by atoms with Crippen LogP contribution >= 0.6 is 0 Å². The summed E-state index contributed by atoms with van der Waals surface area (Å²) >= 11 is 0. The van der Waals surface area contributed by atoms with Crippen LogP contribution in [0.4, 0.5) is 0 Å². The number of hydrogen-bond acceptors (Lipinski definition) is 5. The van der Waals surface area contributed by atoms with Gasteiger partial charge in [0.05, 0.1) is 31.5 Å². The lowest BCUT2D eigenvalue weighted by molar-refractivity contribution is -0.172. The first-order valence-corrected chi connectivity index (χ1v) is 13.5. The van der Waals surface area contributed by atoms with Gasteiger partial charge in [-0.3, -0.25) is 9.69 Å². The molecule has 182 valence electrons. The van der Waals surface area contributed by atoms with Crippen molar-refractivity contribution < 1.29 is 19.4 Å². The van der Waals surface area contributed by atoms with Crippen molar-refractivity contribution in [3.8, 4) is 0 Å². The van der Waals surface area contributed by atoms with Crippen LogP contribution in [0.5, 0.6) is 0 Å². The van der Waals surface area contributed by atoms with Gasteiger partial charge >= 0.3 is 0 Å². The van der Waals surface area contributed by atoms with E-state index in [-0.39, 0.29) is 17.4 Å². The first-order chi connectivity index (χ1) is 15.3. The molecule has 9 atom stereocenters. The number of ether oxygens (including phenoxy) is 2. The lowest BCUT2D eigenvalue weighted by atomic mass is 9.48. The molecule has 4 saturated carbocycles. The van der Waals surface area contributed by atoms with Gasteiger partial charge in [-0.15, -0.1) is 0 Å². The Kier molecular flexibility index (Phi) is 6.50. The Labute approximate surface area is 194 Å². The van der Waals surface area contributed by atoms with Crippen LogP contribution in [0.25, 0.3) is 0 Å². The lowest BCUT2D eigenvalue weighted by Gasteiger charge is -2.58. The number of rotatable bonds is 5. The van der Waals surface area contributed by atoms with Gasteiger partial charge in [0.1, 0.15) is 5.78 Å². The van der Waals surface area contributed by atoms with Gasteiger partial charge in [-0.05, 0) is 100 Å². The number of ketones is 1. The first kappa shape index (κ1) is 23.3. The molecular weight excluding hydrogens is 402 g/mol. The molecule has 5 nitrogen and oxygen atoms in total.